The molecule has 1 aliphatic heterocycles. The molecule has 182 valence electrons. The average molecular weight is 502 g/mol. The van der Waals surface area contributed by atoms with E-state index in [1.54, 1.807) is 40.5 Å². The van der Waals surface area contributed by atoms with Crippen LogP contribution in [0.5, 0.6) is 5.75 Å². The maximum Gasteiger partial charge on any atom is 0.272 e. The summed E-state index contributed by atoms with van der Waals surface area (Å²) in [7, 11) is 0. The summed E-state index contributed by atoms with van der Waals surface area (Å²) in [5, 5.41) is 1.34. The highest BCUT2D eigenvalue weighted by Gasteiger charge is 2.36. The van der Waals surface area contributed by atoms with Crippen molar-refractivity contribution in [3.8, 4) is 5.75 Å². The molecule has 8 heteroatoms. The number of aromatic nitrogens is 1. The normalized spacial score (nSPS) is 15.0. The van der Waals surface area contributed by atoms with E-state index in [0.29, 0.717) is 22.4 Å². The molecule has 1 amide bonds. The van der Waals surface area contributed by atoms with Crippen molar-refractivity contribution in [2.24, 2.45) is 0 Å². The summed E-state index contributed by atoms with van der Waals surface area (Å²) < 4.78 is 12.7. The van der Waals surface area contributed by atoms with Crippen LogP contribution in [0.2, 0.25) is 5.02 Å². The fourth-order valence-electron chi connectivity index (χ4n) is 4.06. The van der Waals surface area contributed by atoms with Gasteiger partial charge in [-0.15, -0.1) is 0 Å². The van der Waals surface area contributed by atoms with Crippen molar-refractivity contribution >= 4 is 44.2 Å². The van der Waals surface area contributed by atoms with E-state index in [2.05, 4.69) is 30.9 Å². The zero-order valence-electron chi connectivity index (χ0n) is 20.3. The Kier molecular flexibility index (Phi) is 7.77. The molecule has 1 aliphatic rings. The summed E-state index contributed by atoms with van der Waals surface area (Å²) in [6.07, 6.45) is 0.844. The van der Waals surface area contributed by atoms with Crippen LogP contribution in [0.1, 0.15) is 31.4 Å². The van der Waals surface area contributed by atoms with Crippen molar-refractivity contribution in [2.45, 2.75) is 39.7 Å². The lowest BCUT2D eigenvalue weighted by Gasteiger charge is -2.32. The van der Waals surface area contributed by atoms with Gasteiger partial charge in [0, 0.05) is 31.2 Å². The third-order valence-electron chi connectivity index (χ3n) is 6.21. The summed E-state index contributed by atoms with van der Waals surface area (Å²) in [5.74, 6) is 0.490. The third kappa shape index (κ3) is 5.71. The van der Waals surface area contributed by atoms with Gasteiger partial charge in [0.1, 0.15) is 5.75 Å². The fraction of sp³-hybridized carbons (Fsp3) is 0.462. The Hall–Kier alpha value is -2.19. The van der Waals surface area contributed by atoms with E-state index in [1.807, 2.05) is 13.8 Å². The Balaban J connectivity index is 1.58. The van der Waals surface area contributed by atoms with E-state index < -0.39 is 5.60 Å². The first-order valence-corrected chi connectivity index (χ1v) is 12.9. The van der Waals surface area contributed by atoms with Gasteiger partial charge in [0.15, 0.2) is 10.7 Å². The van der Waals surface area contributed by atoms with E-state index in [-0.39, 0.29) is 5.91 Å². The lowest BCUT2D eigenvalue weighted by molar-refractivity contribution is -0.131. The minimum atomic E-state index is -1.07. The minimum absolute atomic E-state index is 0.113. The first kappa shape index (κ1) is 24.9. The molecule has 34 heavy (non-hydrogen) atoms. The number of aryl methyl sites for hydroxylation is 2. The molecule has 0 aliphatic carbocycles. The number of anilines is 1. The minimum Gasteiger partial charge on any atom is -0.478 e. The molecule has 2 heterocycles. The number of hydrogen-bond donors (Lipinski definition) is 0. The van der Waals surface area contributed by atoms with Crippen molar-refractivity contribution in [3.63, 3.8) is 0 Å². The number of carbonyl (C=O) groups excluding carboxylic acids is 1. The summed E-state index contributed by atoms with van der Waals surface area (Å²) in [6, 6.07) is 11.3. The molecule has 0 bridgehead atoms. The van der Waals surface area contributed by atoms with Crippen LogP contribution in [0, 0.1) is 13.8 Å². The smallest absolute Gasteiger partial charge is 0.272 e. The standard InChI is InChI=1S/C26H32ClN3O3S/c1-18-6-11-22-23(19(18)2)28-25(34-22)30(13-5-12-29-14-16-32-17-15-29)24(31)26(3,4)33-21-9-7-20(27)8-10-21/h6-11H,5,12-17H2,1-4H3. The van der Waals surface area contributed by atoms with E-state index in [0.717, 1.165) is 55.0 Å². The van der Waals surface area contributed by atoms with Gasteiger partial charge in [-0.2, -0.15) is 0 Å². The van der Waals surface area contributed by atoms with Gasteiger partial charge in [-0.25, -0.2) is 4.98 Å². The van der Waals surface area contributed by atoms with Crippen LogP contribution in [0.15, 0.2) is 36.4 Å². The molecular weight excluding hydrogens is 470 g/mol. The van der Waals surface area contributed by atoms with Gasteiger partial charge in [0.25, 0.3) is 5.91 Å². The summed E-state index contributed by atoms with van der Waals surface area (Å²) in [6.45, 7) is 12.7. The molecule has 0 spiro atoms. The number of hydrogen-bond acceptors (Lipinski definition) is 6. The van der Waals surface area contributed by atoms with E-state index >= 15 is 0 Å². The van der Waals surface area contributed by atoms with Gasteiger partial charge in [-0.05, 0) is 75.6 Å². The molecule has 0 N–H and O–H groups in total. The molecule has 3 aromatic rings. The van der Waals surface area contributed by atoms with Crippen LogP contribution in [0.3, 0.4) is 0 Å². The highest BCUT2D eigenvalue weighted by molar-refractivity contribution is 7.22. The first-order chi connectivity index (χ1) is 16.2. The highest BCUT2D eigenvalue weighted by atomic mass is 35.5. The largest absolute Gasteiger partial charge is 0.478 e. The zero-order valence-corrected chi connectivity index (χ0v) is 21.8. The molecule has 1 saturated heterocycles. The number of benzene rings is 2. The van der Waals surface area contributed by atoms with Crippen molar-refractivity contribution in [1.82, 2.24) is 9.88 Å². The summed E-state index contributed by atoms with van der Waals surface area (Å²) >= 11 is 7.56. The number of thiazole rings is 1. The van der Waals surface area contributed by atoms with Crippen LogP contribution >= 0.6 is 22.9 Å². The van der Waals surface area contributed by atoms with Gasteiger partial charge >= 0.3 is 0 Å². The maximum atomic E-state index is 13.9. The van der Waals surface area contributed by atoms with Crippen molar-refractivity contribution in [1.29, 1.82) is 0 Å². The van der Waals surface area contributed by atoms with Gasteiger partial charge in [0.2, 0.25) is 0 Å². The van der Waals surface area contributed by atoms with E-state index in [1.165, 1.54) is 5.56 Å². The Morgan fingerprint density at radius 1 is 1.18 bits per heavy atom. The van der Waals surface area contributed by atoms with Crippen molar-refractivity contribution in [2.75, 3.05) is 44.3 Å². The van der Waals surface area contributed by atoms with Crippen LogP contribution in [-0.2, 0) is 9.53 Å². The van der Waals surface area contributed by atoms with Crippen molar-refractivity contribution in [3.05, 3.63) is 52.5 Å². The molecule has 0 radical (unpaired) electrons. The van der Waals surface area contributed by atoms with Crippen LogP contribution in [-0.4, -0.2) is 60.8 Å². The molecule has 0 saturated carbocycles. The van der Waals surface area contributed by atoms with Crippen molar-refractivity contribution < 1.29 is 14.3 Å². The second-order valence-corrected chi connectivity index (χ2v) is 10.6. The second kappa shape index (κ2) is 10.6. The predicted molar refractivity (Wildman–Crippen MR) is 139 cm³/mol. The third-order valence-corrected chi connectivity index (χ3v) is 7.51. The second-order valence-electron chi connectivity index (χ2n) is 9.18. The molecule has 0 unspecified atom stereocenters. The topological polar surface area (TPSA) is 54.9 Å². The Morgan fingerprint density at radius 2 is 1.88 bits per heavy atom. The van der Waals surface area contributed by atoms with Crippen LogP contribution < -0.4 is 9.64 Å². The number of nitrogens with zero attached hydrogens (tertiary/aromatic N) is 3. The number of morpholine rings is 1. The fourth-order valence-corrected chi connectivity index (χ4v) is 5.23. The predicted octanol–water partition coefficient (Wildman–Crippen LogP) is 5.48. The Labute approximate surface area is 210 Å². The number of halogens is 1. The quantitative estimate of drug-likeness (QED) is 0.409. The number of ether oxygens (including phenoxy) is 2. The lowest BCUT2D eigenvalue weighted by atomic mass is 10.1. The van der Waals surface area contributed by atoms with E-state index in [4.69, 9.17) is 26.1 Å². The van der Waals surface area contributed by atoms with Crippen LogP contribution in [0.25, 0.3) is 10.2 Å². The van der Waals surface area contributed by atoms with Crippen LogP contribution in [0.4, 0.5) is 5.13 Å². The molecule has 0 atom stereocenters. The molecular formula is C26H32ClN3O3S. The number of fused-ring (bicyclic) bond motifs is 1. The number of amides is 1. The molecule has 2 aromatic carbocycles. The van der Waals surface area contributed by atoms with Gasteiger partial charge in [-0.3, -0.25) is 14.6 Å². The lowest BCUT2D eigenvalue weighted by Crippen LogP contribution is -2.50. The first-order valence-electron chi connectivity index (χ1n) is 11.7. The summed E-state index contributed by atoms with van der Waals surface area (Å²) in [4.78, 5) is 22.9. The molecule has 1 aromatic heterocycles. The molecule has 4 rings (SSSR count). The van der Waals surface area contributed by atoms with Gasteiger partial charge in [0.05, 0.1) is 23.4 Å². The maximum absolute atomic E-state index is 13.9. The molecule has 1 fully saturated rings. The summed E-state index contributed by atoms with van der Waals surface area (Å²) in [5.41, 5.74) is 2.23. The van der Waals surface area contributed by atoms with Gasteiger partial charge in [-0.1, -0.05) is 29.0 Å². The van der Waals surface area contributed by atoms with Gasteiger partial charge < -0.3 is 9.47 Å². The van der Waals surface area contributed by atoms with E-state index in [9.17, 15) is 4.79 Å². The highest BCUT2D eigenvalue weighted by Crippen LogP contribution is 2.34. The average Bonchev–Trinajstić information content (AvgIpc) is 3.26. The Morgan fingerprint density at radius 3 is 2.59 bits per heavy atom. The monoisotopic (exact) mass is 501 g/mol. The number of rotatable bonds is 8. The molecule has 6 nitrogen and oxygen atoms in total. The Bertz CT molecular complexity index is 1140. The zero-order chi connectivity index (χ0) is 24.3. The SMILES string of the molecule is Cc1ccc2sc(N(CCCN3CCOCC3)C(=O)C(C)(C)Oc3ccc(Cl)cc3)nc2c1C. The number of carbonyl (C=O) groups is 1.